The minimum absolute atomic E-state index is 0.123. The second-order valence-corrected chi connectivity index (χ2v) is 15.1. The van der Waals surface area contributed by atoms with E-state index in [2.05, 4.69) is 97.6 Å². The normalized spacial score (nSPS) is 18.4. The van der Waals surface area contributed by atoms with Crippen LogP contribution in [0.5, 0.6) is 0 Å². The summed E-state index contributed by atoms with van der Waals surface area (Å²) in [5.41, 5.74) is 2.39. The summed E-state index contributed by atoms with van der Waals surface area (Å²) < 4.78 is 0. The first-order chi connectivity index (χ1) is 11.0. The van der Waals surface area contributed by atoms with Crippen LogP contribution in [0, 0.1) is 0 Å². The minimum atomic E-state index is -0.242. The van der Waals surface area contributed by atoms with Crippen LogP contribution in [0.4, 0.5) is 0 Å². The summed E-state index contributed by atoms with van der Waals surface area (Å²) >= 11 is 0. The summed E-state index contributed by atoms with van der Waals surface area (Å²) in [7, 11) is -0.365. The molecule has 0 saturated carbocycles. The average Bonchev–Trinajstić information content (AvgIpc) is 2.93. The third-order valence-electron chi connectivity index (χ3n) is 4.78. The Morgan fingerprint density at radius 2 is 1.46 bits per heavy atom. The molecule has 0 aromatic heterocycles. The lowest BCUT2D eigenvalue weighted by Crippen LogP contribution is -2.31. The average molecular weight is 360 g/mol. The molecule has 0 amide bonds. The highest BCUT2D eigenvalue weighted by Crippen LogP contribution is 2.65. The Balaban J connectivity index is 2.41. The molecular weight excluding hydrogens is 326 g/mol. The standard InChI is InChI=1S/C22H34P2/c1-17(24(21(2,3)4)22(5,6)7)19-15-12-16-20(19)23(8)18-13-10-9-11-14-18/h9-14,16-17H,15H2,1-8H3/t17-,23?/m1/s1. The highest BCUT2D eigenvalue weighted by atomic mass is 31.1. The first kappa shape index (κ1) is 19.9. The molecule has 1 aromatic rings. The van der Waals surface area contributed by atoms with Crippen molar-refractivity contribution in [1.82, 2.24) is 0 Å². The van der Waals surface area contributed by atoms with Gasteiger partial charge in [0.2, 0.25) is 0 Å². The third-order valence-corrected chi connectivity index (χ3v) is 11.0. The Morgan fingerprint density at radius 3 is 1.96 bits per heavy atom. The van der Waals surface area contributed by atoms with E-state index in [-0.39, 0.29) is 15.8 Å². The maximum atomic E-state index is 2.50. The van der Waals surface area contributed by atoms with Crippen LogP contribution in [-0.2, 0) is 0 Å². The fourth-order valence-electron chi connectivity index (χ4n) is 4.34. The number of rotatable bonds is 4. The van der Waals surface area contributed by atoms with Gasteiger partial charge in [-0.3, -0.25) is 0 Å². The molecule has 0 heterocycles. The Morgan fingerprint density at radius 1 is 0.917 bits per heavy atom. The van der Waals surface area contributed by atoms with Gasteiger partial charge in [-0.1, -0.05) is 104 Å². The molecule has 0 nitrogen and oxygen atoms in total. The van der Waals surface area contributed by atoms with E-state index < -0.39 is 0 Å². The first-order valence-corrected chi connectivity index (χ1v) is 12.2. The van der Waals surface area contributed by atoms with Crippen LogP contribution in [0.25, 0.3) is 0 Å². The van der Waals surface area contributed by atoms with Gasteiger partial charge in [0.15, 0.2) is 0 Å². The molecule has 0 bridgehead atoms. The molecule has 0 aliphatic heterocycles. The van der Waals surface area contributed by atoms with Gasteiger partial charge in [-0.25, -0.2) is 0 Å². The molecule has 24 heavy (non-hydrogen) atoms. The smallest absolute Gasteiger partial charge is 0.000575 e. The van der Waals surface area contributed by atoms with E-state index in [1.54, 1.807) is 10.9 Å². The summed E-state index contributed by atoms with van der Waals surface area (Å²) in [5.74, 6) is 0. The van der Waals surface area contributed by atoms with Gasteiger partial charge in [-0.2, -0.15) is 0 Å². The highest BCUT2D eigenvalue weighted by Gasteiger charge is 2.40. The Kier molecular flexibility index (Phi) is 6.16. The van der Waals surface area contributed by atoms with E-state index in [4.69, 9.17) is 0 Å². The van der Waals surface area contributed by atoms with E-state index in [0.29, 0.717) is 16.0 Å². The van der Waals surface area contributed by atoms with E-state index in [1.165, 1.54) is 5.30 Å². The molecule has 0 saturated heterocycles. The molecule has 0 radical (unpaired) electrons. The molecule has 1 unspecified atom stereocenters. The molecule has 1 aromatic carbocycles. The topological polar surface area (TPSA) is 0 Å². The van der Waals surface area contributed by atoms with Crippen molar-refractivity contribution < 1.29 is 0 Å². The number of hydrogen-bond acceptors (Lipinski definition) is 0. The van der Waals surface area contributed by atoms with E-state index >= 15 is 0 Å². The van der Waals surface area contributed by atoms with Crippen LogP contribution in [0.1, 0.15) is 54.9 Å². The molecule has 1 aliphatic carbocycles. The van der Waals surface area contributed by atoms with Crippen molar-refractivity contribution in [3.05, 3.63) is 53.4 Å². The van der Waals surface area contributed by atoms with Crippen LogP contribution in [0.3, 0.4) is 0 Å². The third kappa shape index (κ3) is 4.39. The zero-order valence-electron chi connectivity index (χ0n) is 16.7. The fraction of sp³-hybridized carbons (Fsp3) is 0.545. The molecule has 0 N–H and O–H groups in total. The molecule has 2 heteroatoms. The Bertz CT molecular complexity index is 598. The second kappa shape index (κ2) is 7.43. The lowest BCUT2D eigenvalue weighted by Gasteiger charge is -2.46. The maximum Gasteiger partial charge on any atom is -0.000575 e. The molecule has 1 aliphatic rings. The van der Waals surface area contributed by atoms with E-state index in [9.17, 15) is 0 Å². The second-order valence-electron chi connectivity index (χ2n) is 8.80. The summed E-state index contributed by atoms with van der Waals surface area (Å²) in [6.45, 7) is 19.6. The molecular formula is C22H34P2. The van der Waals surface area contributed by atoms with Crippen LogP contribution in [0.2, 0.25) is 0 Å². The van der Waals surface area contributed by atoms with Crippen LogP contribution >= 0.6 is 15.8 Å². The number of benzene rings is 1. The van der Waals surface area contributed by atoms with Gasteiger partial charge in [0.25, 0.3) is 0 Å². The summed E-state index contributed by atoms with van der Waals surface area (Å²) in [5, 5.41) is 3.87. The van der Waals surface area contributed by atoms with Crippen molar-refractivity contribution in [2.45, 2.75) is 70.9 Å². The van der Waals surface area contributed by atoms with Crippen molar-refractivity contribution in [3.63, 3.8) is 0 Å². The van der Waals surface area contributed by atoms with Gasteiger partial charge in [0.05, 0.1) is 0 Å². The molecule has 132 valence electrons. The van der Waals surface area contributed by atoms with Gasteiger partial charge in [0, 0.05) is 0 Å². The lowest BCUT2D eigenvalue weighted by atomic mass is 10.2. The van der Waals surface area contributed by atoms with Crippen molar-refractivity contribution in [1.29, 1.82) is 0 Å². The molecule has 2 atom stereocenters. The van der Waals surface area contributed by atoms with Gasteiger partial charge < -0.3 is 0 Å². The lowest BCUT2D eigenvalue weighted by molar-refractivity contribution is 0.693. The maximum absolute atomic E-state index is 2.50. The van der Waals surface area contributed by atoms with Crippen molar-refractivity contribution in [2.75, 3.05) is 6.66 Å². The van der Waals surface area contributed by atoms with Crippen molar-refractivity contribution in [3.8, 4) is 0 Å². The van der Waals surface area contributed by atoms with Crippen molar-refractivity contribution in [2.24, 2.45) is 0 Å². The predicted molar refractivity (Wildman–Crippen MR) is 116 cm³/mol. The SMILES string of the molecule is C[C@H](C1=C(P(C)c2ccccc2)C=CC1)P(C(C)(C)C)C(C)(C)C. The summed E-state index contributed by atoms with van der Waals surface area (Å²) in [4.78, 5) is 0. The van der Waals surface area contributed by atoms with Crippen molar-refractivity contribution >= 4 is 21.1 Å². The number of allylic oxidation sites excluding steroid dienone is 4. The first-order valence-electron chi connectivity index (χ1n) is 9.01. The minimum Gasteiger partial charge on any atom is -0.0885 e. The zero-order chi connectivity index (χ0) is 18.1. The number of hydrogen-bond donors (Lipinski definition) is 0. The van der Waals surface area contributed by atoms with Crippen LogP contribution < -0.4 is 5.30 Å². The van der Waals surface area contributed by atoms with E-state index in [0.717, 1.165) is 6.42 Å². The predicted octanol–water partition coefficient (Wildman–Crippen LogP) is 7.11. The Hall–Kier alpha value is -0.440. The largest absolute Gasteiger partial charge is 0.0885 e. The zero-order valence-corrected chi connectivity index (χ0v) is 18.5. The molecule has 0 spiro atoms. The van der Waals surface area contributed by atoms with Gasteiger partial charge >= 0.3 is 0 Å². The quantitative estimate of drug-likeness (QED) is 0.502. The highest BCUT2D eigenvalue weighted by molar-refractivity contribution is 7.69. The van der Waals surface area contributed by atoms with E-state index in [1.807, 2.05) is 0 Å². The van der Waals surface area contributed by atoms with Crippen LogP contribution in [0.15, 0.2) is 53.4 Å². The summed E-state index contributed by atoms with van der Waals surface area (Å²) in [6.07, 6.45) is 5.96. The molecule has 0 fully saturated rings. The van der Waals surface area contributed by atoms with Gasteiger partial charge in [-0.15, -0.1) is 0 Å². The monoisotopic (exact) mass is 360 g/mol. The van der Waals surface area contributed by atoms with Crippen LogP contribution in [-0.4, -0.2) is 22.6 Å². The van der Waals surface area contributed by atoms with Gasteiger partial charge in [-0.05, 0) is 47.6 Å². The molecule has 2 rings (SSSR count). The fourth-order valence-corrected chi connectivity index (χ4v) is 11.3. The van der Waals surface area contributed by atoms with Gasteiger partial charge in [0.1, 0.15) is 0 Å². The summed E-state index contributed by atoms with van der Waals surface area (Å²) in [6, 6.07) is 11.1. The Labute approximate surface area is 152 Å².